The van der Waals surface area contributed by atoms with E-state index in [-0.39, 0.29) is 5.91 Å². The van der Waals surface area contributed by atoms with Gasteiger partial charge in [0.15, 0.2) is 5.82 Å². The van der Waals surface area contributed by atoms with E-state index in [1.54, 1.807) is 13.2 Å². The summed E-state index contributed by atoms with van der Waals surface area (Å²) in [7, 11) is 5.53. The zero-order valence-corrected chi connectivity index (χ0v) is 16.9. The third-order valence-electron chi connectivity index (χ3n) is 5.12. The normalized spacial score (nSPS) is 13.0. The number of carbonyl (C=O) groups is 1. The summed E-state index contributed by atoms with van der Waals surface area (Å²) in [6.07, 6.45) is 0.694. The Morgan fingerprint density at radius 3 is 2.48 bits per heavy atom. The summed E-state index contributed by atoms with van der Waals surface area (Å²) in [6.45, 7) is 1.09. The van der Waals surface area contributed by atoms with E-state index < -0.39 is 0 Å². The molecule has 4 rings (SSSR count). The van der Waals surface area contributed by atoms with Crippen molar-refractivity contribution < 1.29 is 9.53 Å². The maximum Gasteiger partial charge on any atom is 0.257 e. The monoisotopic (exact) mass is 388 g/mol. The molecule has 0 spiro atoms. The molecule has 29 heavy (non-hydrogen) atoms. The number of amides is 1. The van der Waals surface area contributed by atoms with E-state index in [1.807, 2.05) is 72.4 Å². The highest BCUT2D eigenvalue weighted by atomic mass is 16.5. The van der Waals surface area contributed by atoms with Gasteiger partial charge in [0.2, 0.25) is 0 Å². The number of carbonyl (C=O) groups excluding carboxylic acids is 1. The first-order chi connectivity index (χ1) is 14.1. The summed E-state index contributed by atoms with van der Waals surface area (Å²) < 4.78 is 5.37. The largest absolute Gasteiger partial charge is 0.496 e. The first-order valence-corrected chi connectivity index (χ1v) is 9.63. The van der Waals surface area contributed by atoms with E-state index in [1.165, 1.54) is 0 Å². The van der Waals surface area contributed by atoms with Gasteiger partial charge in [0, 0.05) is 38.2 Å². The molecule has 1 amide bonds. The van der Waals surface area contributed by atoms with E-state index in [9.17, 15) is 4.79 Å². The van der Waals surface area contributed by atoms with E-state index in [4.69, 9.17) is 14.7 Å². The van der Waals surface area contributed by atoms with Crippen LogP contribution in [0.4, 0.5) is 5.82 Å². The number of hydrogen-bond acceptors (Lipinski definition) is 5. The molecular weight excluding hydrogens is 364 g/mol. The fourth-order valence-electron chi connectivity index (χ4n) is 3.65. The van der Waals surface area contributed by atoms with Crippen molar-refractivity contribution in [1.82, 2.24) is 14.9 Å². The Kier molecular flexibility index (Phi) is 5.16. The predicted molar refractivity (Wildman–Crippen MR) is 113 cm³/mol. The lowest BCUT2D eigenvalue weighted by Crippen LogP contribution is -2.37. The van der Waals surface area contributed by atoms with Crippen LogP contribution in [0.1, 0.15) is 21.6 Å². The van der Waals surface area contributed by atoms with Gasteiger partial charge in [0.25, 0.3) is 5.91 Å². The quantitative estimate of drug-likeness (QED) is 0.685. The second-order valence-electron chi connectivity index (χ2n) is 7.23. The number of para-hydroxylation sites is 1. The van der Waals surface area contributed by atoms with Crippen molar-refractivity contribution in [3.05, 3.63) is 71.4 Å². The second-order valence-corrected chi connectivity index (χ2v) is 7.23. The highest BCUT2D eigenvalue weighted by molar-refractivity contribution is 5.97. The van der Waals surface area contributed by atoms with E-state index in [0.717, 1.165) is 28.5 Å². The molecule has 148 valence electrons. The first kappa shape index (κ1) is 18.9. The third kappa shape index (κ3) is 3.66. The average Bonchev–Trinajstić information content (AvgIpc) is 2.77. The van der Waals surface area contributed by atoms with Crippen molar-refractivity contribution in [2.24, 2.45) is 0 Å². The summed E-state index contributed by atoms with van der Waals surface area (Å²) >= 11 is 0. The minimum absolute atomic E-state index is 0.0371. The molecule has 0 saturated carbocycles. The van der Waals surface area contributed by atoms with Gasteiger partial charge in [0.1, 0.15) is 11.6 Å². The minimum Gasteiger partial charge on any atom is -0.496 e. The molecule has 0 bridgehead atoms. The average molecular weight is 388 g/mol. The molecule has 0 radical (unpaired) electrons. The van der Waals surface area contributed by atoms with Crippen LogP contribution in [0.15, 0.2) is 54.6 Å². The van der Waals surface area contributed by atoms with Crippen LogP contribution < -0.4 is 9.64 Å². The van der Waals surface area contributed by atoms with Gasteiger partial charge in [-0.3, -0.25) is 4.79 Å². The molecule has 1 aliphatic rings. The van der Waals surface area contributed by atoms with Gasteiger partial charge >= 0.3 is 0 Å². The minimum atomic E-state index is -0.0371. The number of anilines is 1. The number of methoxy groups -OCH3 is 1. The number of fused-ring (bicyclic) bond motifs is 1. The fraction of sp³-hybridized carbons (Fsp3) is 0.261. The molecule has 0 N–H and O–H groups in total. The number of benzene rings is 2. The van der Waals surface area contributed by atoms with Crippen LogP contribution in [0.25, 0.3) is 11.4 Å². The Bertz CT molecular complexity index is 1030. The van der Waals surface area contributed by atoms with Crippen molar-refractivity contribution in [3.8, 4) is 17.1 Å². The van der Waals surface area contributed by atoms with Gasteiger partial charge in [-0.15, -0.1) is 0 Å². The predicted octanol–water partition coefficient (Wildman–Crippen LogP) is 3.42. The van der Waals surface area contributed by atoms with Gasteiger partial charge in [-0.2, -0.15) is 0 Å². The SMILES string of the molecule is COc1ccccc1C(=O)N1CCc2nc(-c3ccccc3)nc(N(C)C)c2C1. The molecule has 0 saturated heterocycles. The Morgan fingerprint density at radius 1 is 1.03 bits per heavy atom. The van der Waals surface area contributed by atoms with Crippen LogP contribution in [0.5, 0.6) is 5.75 Å². The summed E-state index contributed by atoms with van der Waals surface area (Å²) in [6, 6.07) is 17.3. The standard InChI is InChI=1S/C23H24N4O2/c1-26(2)22-18-15-27(23(28)17-11-7-8-12-20(17)29-3)14-13-19(18)24-21(25-22)16-9-5-4-6-10-16/h4-12H,13-15H2,1-3H3. The third-order valence-corrected chi connectivity index (χ3v) is 5.12. The molecule has 3 aromatic rings. The van der Waals surface area contributed by atoms with Crippen LogP contribution in [0.3, 0.4) is 0 Å². The Balaban J connectivity index is 1.69. The van der Waals surface area contributed by atoms with Crippen LogP contribution >= 0.6 is 0 Å². The molecular formula is C23H24N4O2. The molecule has 2 aromatic carbocycles. The molecule has 6 heteroatoms. The summed E-state index contributed by atoms with van der Waals surface area (Å²) in [5.74, 6) is 2.13. The zero-order valence-electron chi connectivity index (χ0n) is 16.9. The van der Waals surface area contributed by atoms with Crippen LogP contribution in [0.2, 0.25) is 0 Å². The fourth-order valence-corrected chi connectivity index (χ4v) is 3.65. The summed E-state index contributed by atoms with van der Waals surface area (Å²) in [5, 5.41) is 0. The highest BCUT2D eigenvalue weighted by Gasteiger charge is 2.28. The van der Waals surface area contributed by atoms with Crippen molar-refractivity contribution in [3.63, 3.8) is 0 Å². The second kappa shape index (κ2) is 7.91. The summed E-state index contributed by atoms with van der Waals surface area (Å²) in [5.41, 5.74) is 3.58. The van der Waals surface area contributed by atoms with Gasteiger partial charge < -0.3 is 14.5 Å². The van der Waals surface area contributed by atoms with Gasteiger partial charge in [0.05, 0.1) is 24.9 Å². The lowest BCUT2D eigenvalue weighted by molar-refractivity contribution is 0.0730. The first-order valence-electron chi connectivity index (χ1n) is 9.63. The number of aromatic nitrogens is 2. The molecule has 1 aliphatic heterocycles. The zero-order chi connectivity index (χ0) is 20.4. The van der Waals surface area contributed by atoms with Gasteiger partial charge in [-0.1, -0.05) is 42.5 Å². The molecule has 0 unspecified atom stereocenters. The smallest absolute Gasteiger partial charge is 0.257 e. The van der Waals surface area contributed by atoms with Crippen LogP contribution in [-0.2, 0) is 13.0 Å². The maximum absolute atomic E-state index is 13.2. The van der Waals surface area contributed by atoms with Gasteiger partial charge in [-0.25, -0.2) is 9.97 Å². The molecule has 1 aromatic heterocycles. The van der Waals surface area contributed by atoms with Crippen molar-refractivity contribution in [1.29, 1.82) is 0 Å². The lowest BCUT2D eigenvalue weighted by Gasteiger charge is -2.31. The van der Waals surface area contributed by atoms with E-state index >= 15 is 0 Å². The Labute approximate surface area is 170 Å². The lowest BCUT2D eigenvalue weighted by atomic mass is 10.0. The number of ether oxygens (including phenoxy) is 1. The molecule has 2 heterocycles. The maximum atomic E-state index is 13.2. The van der Waals surface area contributed by atoms with Crippen molar-refractivity contribution in [2.45, 2.75) is 13.0 Å². The van der Waals surface area contributed by atoms with Crippen molar-refractivity contribution in [2.75, 3.05) is 32.6 Å². The molecule has 0 fully saturated rings. The molecule has 6 nitrogen and oxygen atoms in total. The number of nitrogens with zero attached hydrogens (tertiary/aromatic N) is 4. The topological polar surface area (TPSA) is 58.6 Å². The number of hydrogen-bond donors (Lipinski definition) is 0. The van der Waals surface area contributed by atoms with E-state index in [2.05, 4.69) is 0 Å². The summed E-state index contributed by atoms with van der Waals surface area (Å²) in [4.78, 5) is 26.6. The van der Waals surface area contributed by atoms with Crippen LogP contribution in [-0.4, -0.2) is 48.5 Å². The Morgan fingerprint density at radius 2 is 1.76 bits per heavy atom. The van der Waals surface area contributed by atoms with Gasteiger partial charge in [-0.05, 0) is 12.1 Å². The van der Waals surface area contributed by atoms with E-state index in [0.29, 0.717) is 30.8 Å². The molecule has 0 aliphatic carbocycles. The Hall–Kier alpha value is -3.41. The number of rotatable bonds is 4. The molecule has 0 atom stereocenters. The van der Waals surface area contributed by atoms with Crippen molar-refractivity contribution >= 4 is 11.7 Å². The highest BCUT2D eigenvalue weighted by Crippen LogP contribution is 2.30. The van der Waals surface area contributed by atoms with Crippen LogP contribution in [0, 0.1) is 0 Å².